The molecule has 1 saturated carbocycles. The predicted molar refractivity (Wildman–Crippen MR) is 199 cm³/mol. The molecule has 4 heteroatoms. The van der Waals surface area contributed by atoms with Crippen molar-refractivity contribution in [1.82, 2.24) is 10.6 Å². The van der Waals surface area contributed by atoms with Gasteiger partial charge in [-0.25, -0.2) is 9.98 Å². The fourth-order valence-corrected chi connectivity index (χ4v) is 9.28. The van der Waals surface area contributed by atoms with Crippen LogP contribution in [0.5, 0.6) is 0 Å². The van der Waals surface area contributed by atoms with Crippen LogP contribution >= 0.6 is 0 Å². The lowest BCUT2D eigenvalue weighted by Crippen LogP contribution is -2.53. The van der Waals surface area contributed by atoms with E-state index in [-0.39, 0.29) is 12.1 Å². The van der Waals surface area contributed by atoms with Crippen LogP contribution in [0.1, 0.15) is 99.4 Å². The number of aliphatic imine (C=N–C) groups is 2. The SMILES string of the molecule is C1=CCCC(C2CCC(C3=CCC(C4=NC(c5ccccc5)NC(c5ccccc5)=N4)C(c4ccccc4)C3)C(C3CCCCC3)N2)=C1. The van der Waals surface area contributed by atoms with Crippen LogP contribution < -0.4 is 10.6 Å². The van der Waals surface area contributed by atoms with Crippen molar-refractivity contribution in [1.29, 1.82) is 0 Å². The zero-order chi connectivity index (χ0) is 32.1. The first-order valence-electron chi connectivity index (χ1n) is 18.7. The molecule has 0 spiro atoms. The van der Waals surface area contributed by atoms with Gasteiger partial charge in [0.25, 0.3) is 0 Å². The summed E-state index contributed by atoms with van der Waals surface area (Å²) in [5.41, 5.74) is 7.00. The van der Waals surface area contributed by atoms with Gasteiger partial charge < -0.3 is 10.6 Å². The highest BCUT2D eigenvalue weighted by Gasteiger charge is 2.41. The molecule has 6 atom stereocenters. The van der Waals surface area contributed by atoms with Crippen molar-refractivity contribution in [2.75, 3.05) is 0 Å². The van der Waals surface area contributed by atoms with Gasteiger partial charge in [-0.2, -0.15) is 0 Å². The van der Waals surface area contributed by atoms with Crippen LogP contribution in [0.3, 0.4) is 0 Å². The van der Waals surface area contributed by atoms with E-state index < -0.39 is 0 Å². The van der Waals surface area contributed by atoms with Crippen LogP contribution in [-0.4, -0.2) is 23.8 Å². The first-order chi connectivity index (χ1) is 23.8. The first-order valence-corrected chi connectivity index (χ1v) is 18.7. The number of nitrogens with zero attached hydrogens (tertiary/aromatic N) is 2. The Morgan fingerprint density at radius 2 is 1.40 bits per heavy atom. The molecule has 0 amide bonds. The molecule has 48 heavy (non-hydrogen) atoms. The smallest absolute Gasteiger partial charge is 0.147 e. The minimum Gasteiger partial charge on any atom is -0.344 e. The van der Waals surface area contributed by atoms with E-state index in [1.165, 1.54) is 68.9 Å². The maximum Gasteiger partial charge on any atom is 0.147 e. The number of nitrogens with one attached hydrogen (secondary N) is 2. The van der Waals surface area contributed by atoms with E-state index in [2.05, 4.69) is 126 Å². The molecule has 2 aliphatic heterocycles. The molecule has 3 aromatic carbocycles. The normalized spacial score (nSPS) is 29.6. The summed E-state index contributed by atoms with van der Waals surface area (Å²) in [5.74, 6) is 3.84. The Hall–Kier alpha value is -4.02. The number of amidine groups is 2. The highest BCUT2D eigenvalue weighted by Crippen LogP contribution is 2.47. The summed E-state index contributed by atoms with van der Waals surface area (Å²) in [6.45, 7) is 0. The number of hydrogen-bond acceptors (Lipinski definition) is 4. The molecule has 246 valence electrons. The minimum absolute atomic E-state index is 0.158. The van der Waals surface area contributed by atoms with E-state index >= 15 is 0 Å². The highest BCUT2D eigenvalue weighted by atomic mass is 15.2. The number of rotatable bonds is 7. The summed E-state index contributed by atoms with van der Waals surface area (Å²) in [6, 6.07) is 33.6. The summed E-state index contributed by atoms with van der Waals surface area (Å²) in [4.78, 5) is 10.7. The second kappa shape index (κ2) is 14.6. The Kier molecular flexibility index (Phi) is 9.52. The molecule has 3 aromatic rings. The van der Waals surface area contributed by atoms with E-state index in [0.717, 1.165) is 36.0 Å². The third-order valence-corrected chi connectivity index (χ3v) is 11.8. The summed E-state index contributed by atoms with van der Waals surface area (Å²) in [6.07, 6.45) is 23.4. The molecule has 5 aliphatic rings. The van der Waals surface area contributed by atoms with Gasteiger partial charge in [0.05, 0.1) is 0 Å². The molecule has 2 N–H and O–H groups in total. The number of hydrogen-bond donors (Lipinski definition) is 2. The third-order valence-electron chi connectivity index (χ3n) is 11.8. The van der Waals surface area contributed by atoms with Gasteiger partial charge in [-0.05, 0) is 80.2 Å². The van der Waals surface area contributed by atoms with Gasteiger partial charge in [0.2, 0.25) is 0 Å². The fourth-order valence-electron chi connectivity index (χ4n) is 9.28. The number of piperidine rings is 1. The average molecular weight is 635 g/mol. The van der Waals surface area contributed by atoms with Crippen LogP contribution in [0.25, 0.3) is 0 Å². The molecule has 3 aliphatic carbocycles. The fraction of sp³-hybridized carbons (Fsp3) is 0.409. The molecule has 6 unspecified atom stereocenters. The van der Waals surface area contributed by atoms with E-state index in [1.54, 1.807) is 11.1 Å². The van der Waals surface area contributed by atoms with E-state index in [4.69, 9.17) is 9.98 Å². The zero-order valence-corrected chi connectivity index (χ0v) is 28.2. The van der Waals surface area contributed by atoms with Gasteiger partial charge in [0, 0.05) is 23.6 Å². The lowest BCUT2D eigenvalue weighted by atomic mass is 9.66. The summed E-state index contributed by atoms with van der Waals surface area (Å²) in [7, 11) is 0. The Morgan fingerprint density at radius 1 is 0.667 bits per heavy atom. The van der Waals surface area contributed by atoms with Crippen LogP contribution in [0, 0.1) is 17.8 Å². The lowest BCUT2D eigenvalue weighted by Gasteiger charge is -2.46. The van der Waals surface area contributed by atoms with Crippen molar-refractivity contribution < 1.29 is 0 Å². The number of allylic oxidation sites excluding steroid dienone is 4. The highest BCUT2D eigenvalue weighted by molar-refractivity contribution is 6.08. The van der Waals surface area contributed by atoms with Crippen molar-refractivity contribution in [3.63, 3.8) is 0 Å². The van der Waals surface area contributed by atoms with Crippen LogP contribution in [0.2, 0.25) is 0 Å². The van der Waals surface area contributed by atoms with Gasteiger partial charge in [-0.1, -0.05) is 146 Å². The Labute approximate surface area is 287 Å². The third kappa shape index (κ3) is 6.78. The summed E-state index contributed by atoms with van der Waals surface area (Å²) >= 11 is 0. The standard InChI is InChI=1S/C44H50N4/c1-6-16-31(17-7-1)39-30-36(37-28-29-40(32-18-8-2-9-19-32)45-41(37)33-20-10-3-11-21-33)26-27-38(39)44-47-42(34-22-12-4-13-23-34)46-43(48-44)35-24-14-5-15-25-35/h1-2,4-8,12-18,22-26,33,37-42,45H,3,9-11,19-21,27-30H2,(H,46,47,48). The van der Waals surface area contributed by atoms with Gasteiger partial charge >= 0.3 is 0 Å². The summed E-state index contributed by atoms with van der Waals surface area (Å²) in [5, 5.41) is 7.99. The van der Waals surface area contributed by atoms with Crippen molar-refractivity contribution >= 4 is 11.7 Å². The maximum atomic E-state index is 5.38. The Balaban J connectivity index is 1.14. The predicted octanol–water partition coefficient (Wildman–Crippen LogP) is 9.85. The van der Waals surface area contributed by atoms with Crippen LogP contribution in [-0.2, 0) is 0 Å². The molecule has 0 aromatic heterocycles. The van der Waals surface area contributed by atoms with Gasteiger partial charge in [-0.3, -0.25) is 0 Å². The quantitative estimate of drug-likeness (QED) is 0.254. The molecular weight excluding hydrogens is 585 g/mol. The maximum absolute atomic E-state index is 5.38. The number of benzene rings is 3. The molecule has 0 bridgehead atoms. The van der Waals surface area contributed by atoms with Crippen molar-refractivity contribution in [3.05, 3.63) is 143 Å². The van der Waals surface area contributed by atoms with E-state index in [1.807, 2.05) is 0 Å². The van der Waals surface area contributed by atoms with Crippen molar-refractivity contribution in [2.45, 2.75) is 94.8 Å². The van der Waals surface area contributed by atoms with Gasteiger partial charge in [0.15, 0.2) is 0 Å². The molecule has 1 saturated heterocycles. The monoisotopic (exact) mass is 634 g/mol. The molecule has 4 nitrogen and oxygen atoms in total. The van der Waals surface area contributed by atoms with Crippen LogP contribution in [0.4, 0.5) is 0 Å². The molecule has 0 radical (unpaired) electrons. The molecule has 2 heterocycles. The zero-order valence-electron chi connectivity index (χ0n) is 28.2. The first kappa shape index (κ1) is 31.3. The second-order valence-electron chi connectivity index (χ2n) is 14.6. The average Bonchev–Trinajstić information content (AvgIpc) is 3.19. The van der Waals surface area contributed by atoms with Crippen molar-refractivity contribution in [3.8, 4) is 0 Å². The molecule has 2 fully saturated rings. The largest absolute Gasteiger partial charge is 0.344 e. The summed E-state index contributed by atoms with van der Waals surface area (Å²) < 4.78 is 0. The van der Waals surface area contributed by atoms with Gasteiger partial charge in [-0.15, -0.1) is 0 Å². The topological polar surface area (TPSA) is 48.8 Å². The van der Waals surface area contributed by atoms with E-state index in [9.17, 15) is 0 Å². The molecular formula is C44H50N4. The van der Waals surface area contributed by atoms with Gasteiger partial charge in [0.1, 0.15) is 17.8 Å². The minimum atomic E-state index is -0.158. The Morgan fingerprint density at radius 3 is 2.12 bits per heavy atom. The Bertz CT molecular complexity index is 1680. The lowest BCUT2D eigenvalue weighted by molar-refractivity contribution is 0.165. The van der Waals surface area contributed by atoms with Crippen LogP contribution in [0.15, 0.2) is 136 Å². The van der Waals surface area contributed by atoms with E-state index in [0.29, 0.717) is 23.9 Å². The second-order valence-corrected chi connectivity index (χ2v) is 14.6. The molecule has 8 rings (SSSR count). The van der Waals surface area contributed by atoms with Crippen molar-refractivity contribution in [2.24, 2.45) is 27.7 Å².